The number of carbonyl (C=O) groups excluding carboxylic acids is 1. The van der Waals surface area contributed by atoms with Crippen molar-refractivity contribution in [2.45, 2.75) is 71.7 Å². The molecule has 0 bridgehead atoms. The molecule has 0 saturated carbocycles. The molecule has 0 aromatic heterocycles. The van der Waals surface area contributed by atoms with Crippen molar-refractivity contribution < 1.29 is 9.53 Å². The van der Waals surface area contributed by atoms with Gasteiger partial charge in [0, 0.05) is 46.3 Å². The van der Waals surface area contributed by atoms with Crippen molar-refractivity contribution in [3.05, 3.63) is 35.4 Å². The van der Waals surface area contributed by atoms with E-state index in [1.165, 1.54) is 18.5 Å². The van der Waals surface area contributed by atoms with Crippen LogP contribution in [0.4, 0.5) is 4.79 Å². The number of guanidine groups is 1. The van der Waals surface area contributed by atoms with E-state index >= 15 is 0 Å². The minimum atomic E-state index is -0.486. The van der Waals surface area contributed by atoms with Gasteiger partial charge in [-0.3, -0.25) is 4.99 Å². The van der Waals surface area contributed by atoms with Crippen LogP contribution in [0.15, 0.2) is 29.3 Å². The molecule has 0 spiro atoms. The van der Waals surface area contributed by atoms with Crippen molar-refractivity contribution in [1.82, 2.24) is 20.4 Å². The molecule has 1 saturated heterocycles. The van der Waals surface area contributed by atoms with Gasteiger partial charge in [0.25, 0.3) is 0 Å². The Morgan fingerprint density at radius 1 is 1.19 bits per heavy atom. The van der Waals surface area contributed by atoms with Crippen LogP contribution in [0, 0.1) is 0 Å². The number of benzene rings is 1. The van der Waals surface area contributed by atoms with Crippen LogP contribution in [0.5, 0.6) is 0 Å². The summed E-state index contributed by atoms with van der Waals surface area (Å²) >= 11 is 0. The van der Waals surface area contributed by atoms with Gasteiger partial charge in [0.05, 0.1) is 0 Å². The Hall–Kier alpha value is -1.55. The van der Waals surface area contributed by atoms with E-state index in [1.54, 1.807) is 11.9 Å². The van der Waals surface area contributed by atoms with Crippen molar-refractivity contribution in [3.63, 3.8) is 0 Å². The first kappa shape index (κ1) is 28.5. The van der Waals surface area contributed by atoms with E-state index in [0.29, 0.717) is 19.1 Å². The number of halogens is 1. The molecule has 1 aliphatic heterocycles. The summed E-state index contributed by atoms with van der Waals surface area (Å²) in [5, 5.41) is 6.98. The fourth-order valence-corrected chi connectivity index (χ4v) is 3.63. The summed E-state index contributed by atoms with van der Waals surface area (Å²) in [7, 11) is 3.57. The molecule has 1 aromatic rings. The molecule has 32 heavy (non-hydrogen) atoms. The van der Waals surface area contributed by atoms with Gasteiger partial charge in [-0.1, -0.05) is 31.2 Å². The van der Waals surface area contributed by atoms with Crippen LogP contribution in [-0.2, 0) is 17.8 Å². The lowest BCUT2D eigenvalue weighted by Crippen LogP contribution is -2.48. The number of ether oxygens (including phenoxy) is 1. The largest absolute Gasteiger partial charge is 0.444 e. The number of hydrogen-bond acceptors (Lipinski definition) is 4. The van der Waals surface area contributed by atoms with Crippen LogP contribution in [0.25, 0.3) is 0 Å². The number of likely N-dealkylation sites (tertiary alicyclic amines) is 1. The Labute approximate surface area is 211 Å². The number of nitrogens with zero attached hydrogens (tertiary/aromatic N) is 3. The molecular weight excluding hydrogens is 517 g/mol. The number of nitrogens with one attached hydrogen (secondary N) is 2. The second-order valence-electron chi connectivity index (χ2n) is 9.34. The Bertz CT molecular complexity index is 710. The van der Waals surface area contributed by atoms with Crippen molar-refractivity contribution >= 4 is 36.0 Å². The molecule has 1 amide bonds. The van der Waals surface area contributed by atoms with Gasteiger partial charge in [-0.25, -0.2) is 4.79 Å². The maximum atomic E-state index is 12.1. The third kappa shape index (κ3) is 10.4. The normalized spacial score (nSPS) is 15.6. The highest BCUT2D eigenvalue weighted by Crippen LogP contribution is 2.13. The van der Waals surface area contributed by atoms with Gasteiger partial charge in [-0.05, 0) is 57.7 Å². The number of piperidine rings is 1. The summed E-state index contributed by atoms with van der Waals surface area (Å²) in [5.41, 5.74) is 1.75. The van der Waals surface area contributed by atoms with Crippen molar-refractivity contribution in [2.75, 3.05) is 33.7 Å². The van der Waals surface area contributed by atoms with Crippen LogP contribution in [0.2, 0.25) is 0 Å². The Morgan fingerprint density at radius 2 is 1.78 bits per heavy atom. The zero-order chi connectivity index (χ0) is 22.9. The number of aliphatic imine (C=N–C) groups is 1. The SMILES string of the molecule is CCCN1CCC(NC(=NC)NCc2ccc(CN(C)C(=O)OC(C)(C)C)cc2)CC1.I. The summed E-state index contributed by atoms with van der Waals surface area (Å²) in [5.74, 6) is 0.850. The maximum absolute atomic E-state index is 12.1. The molecule has 8 heteroatoms. The first-order valence-corrected chi connectivity index (χ1v) is 11.4. The molecule has 0 aliphatic carbocycles. The standard InChI is InChI=1S/C24H41N5O2.HI/c1-7-14-29-15-12-21(13-16-29)27-22(25-5)26-17-19-8-10-20(11-9-19)18-28(6)23(30)31-24(2,3)4;/h8-11,21H,7,12-18H2,1-6H3,(H2,25,26,27);1H. The van der Waals surface area contributed by atoms with Gasteiger partial charge in [0.1, 0.15) is 5.60 Å². The molecule has 1 aliphatic rings. The second kappa shape index (κ2) is 13.9. The van der Waals surface area contributed by atoms with Gasteiger partial charge in [0.2, 0.25) is 0 Å². The number of carbonyl (C=O) groups is 1. The van der Waals surface area contributed by atoms with Crippen molar-refractivity contribution in [3.8, 4) is 0 Å². The zero-order valence-corrected chi connectivity index (χ0v) is 22.9. The second-order valence-corrected chi connectivity index (χ2v) is 9.34. The molecule has 0 atom stereocenters. The molecule has 1 fully saturated rings. The third-order valence-electron chi connectivity index (χ3n) is 5.30. The molecule has 1 heterocycles. The van der Waals surface area contributed by atoms with Gasteiger partial charge >= 0.3 is 6.09 Å². The van der Waals surface area contributed by atoms with E-state index in [2.05, 4.69) is 51.7 Å². The Kier molecular flexibility index (Phi) is 12.3. The first-order chi connectivity index (χ1) is 14.7. The topological polar surface area (TPSA) is 69.2 Å². The lowest BCUT2D eigenvalue weighted by molar-refractivity contribution is 0.0285. The lowest BCUT2D eigenvalue weighted by atomic mass is 10.1. The Balaban J connectivity index is 0.00000512. The average Bonchev–Trinajstić information content (AvgIpc) is 2.72. The summed E-state index contributed by atoms with van der Waals surface area (Å²) in [4.78, 5) is 20.6. The predicted molar refractivity (Wildman–Crippen MR) is 143 cm³/mol. The smallest absolute Gasteiger partial charge is 0.410 e. The van der Waals surface area contributed by atoms with E-state index in [0.717, 1.165) is 37.5 Å². The summed E-state index contributed by atoms with van der Waals surface area (Å²) in [6, 6.07) is 8.75. The first-order valence-electron chi connectivity index (χ1n) is 11.4. The molecule has 0 radical (unpaired) electrons. The summed E-state index contributed by atoms with van der Waals surface area (Å²) < 4.78 is 5.41. The van der Waals surface area contributed by atoms with Crippen LogP contribution in [0.1, 0.15) is 58.1 Å². The maximum Gasteiger partial charge on any atom is 0.410 e. The monoisotopic (exact) mass is 559 g/mol. The van der Waals surface area contributed by atoms with Crippen molar-refractivity contribution in [2.24, 2.45) is 4.99 Å². The zero-order valence-electron chi connectivity index (χ0n) is 20.6. The van der Waals surface area contributed by atoms with Crippen LogP contribution < -0.4 is 10.6 Å². The van der Waals surface area contributed by atoms with Crippen LogP contribution in [0.3, 0.4) is 0 Å². The molecule has 7 nitrogen and oxygen atoms in total. The molecule has 2 N–H and O–H groups in total. The lowest BCUT2D eigenvalue weighted by Gasteiger charge is -2.32. The van der Waals surface area contributed by atoms with Crippen molar-refractivity contribution in [1.29, 1.82) is 0 Å². The van der Waals surface area contributed by atoms with E-state index in [4.69, 9.17) is 4.74 Å². The minimum absolute atomic E-state index is 0. The fourth-order valence-electron chi connectivity index (χ4n) is 3.63. The van der Waals surface area contributed by atoms with Gasteiger partial charge in [-0.15, -0.1) is 24.0 Å². The predicted octanol–water partition coefficient (Wildman–Crippen LogP) is 4.21. The minimum Gasteiger partial charge on any atom is -0.444 e. The van der Waals surface area contributed by atoms with E-state index in [9.17, 15) is 4.79 Å². The molecule has 1 aromatic carbocycles. The number of rotatable bonds is 7. The van der Waals surface area contributed by atoms with Gasteiger partial charge in [0.15, 0.2) is 5.96 Å². The van der Waals surface area contributed by atoms with E-state index < -0.39 is 5.60 Å². The van der Waals surface area contributed by atoms with Crippen LogP contribution >= 0.6 is 24.0 Å². The summed E-state index contributed by atoms with van der Waals surface area (Å²) in [6.07, 6.45) is 3.21. The third-order valence-corrected chi connectivity index (χ3v) is 5.30. The Morgan fingerprint density at radius 3 is 2.31 bits per heavy atom. The molecule has 182 valence electrons. The van der Waals surface area contributed by atoms with E-state index in [1.807, 2.05) is 27.8 Å². The van der Waals surface area contributed by atoms with Gasteiger partial charge < -0.3 is 25.2 Å². The van der Waals surface area contributed by atoms with Gasteiger partial charge in [-0.2, -0.15) is 0 Å². The number of amides is 1. The quantitative estimate of drug-likeness (QED) is 0.298. The molecule has 0 unspecified atom stereocenters. The fraction of sp³-hybridized carbons (Fsp3) is 0.667. The molecular formula is C24H42IN5O2. The highest BCUT2D eigenvalue weighted by atomic mass is 127. The van der Waals surface area contributed by atoms with Crippen LogP contribution in [-0.4, -0.2) is 67.2 Å². The molecule has 2 rings (SSSR count). The average molecular weight is 560 g/mol. The highest BCUT2D eigenvalue weighted by Gasteiger charge is 2.20. The van der Waals surface area contributed by atoms with E-state index in [-0.39, 0.29) is 30.1 Å². The highest BCUT2D eigenvalue weighted by molar-refractivity contribution is 14.0. The summed E-state index contributed by atoms with van der Waals surface area (Å²) in [6.45, 7) is 12.6. The number of hydrogen-bond donors (Lipinski definition) is 2.